The lowest BCUT2D eigenvalue weighted by Gasteiger charge is -2.18. The van der Waals surface area contributed by atoms with Crippen LogP contribution < -0.4 is 10.2 Å². The third kappa shape index (κ3) is 4.31. The molecule has 20 heavy (non-hydrogen) atoms. The van der Waals surface area contributed by atoms with Crippen LogP contribution in [-0.4, -0.2) is 23.6 Å². The summed E-state index contributed by atoms with van der Waals surface area (Å²) in [6.07, 6.45) is 4.82. The lowest BCUT2D eigenvalue weighted by atomic mass is 10.2. The van der Waals surface area contributed by atoms with Crippen molar-refractivity contribution in [3.8, 4) is 0 Å². The van der Waals surface area contributed by atoms with E-state index >= 15 is 0 Å². The summed E-state index contributed by atoms with van der Waals surface area (Å²) in [7, 11) is 2.03. The summed E-state index contributed by atoms with van der Waals surface area (Å²) < 4.78 is 0. The summed E-state index contributed by atoms with van der Waals surface area (Å²) in [6, 6.07) is 10.4. The summed E-state index contributed by atoms with van der Waals surface area (Å²) in [6.45, 7) is 4.78. The van der Waals surface area contributed by atoms with Gasteiger partial charge in [-0.3, -0.25) is 4.98 Å². The zero-order valence-electron chi connectivity index (χ0n) is 12.2. The number of rotatable bonds is 7. The quantitative estimate of drug-likeness (QED) is 0.785. The van der Waals surface area contributed by atoms with Crippen molar-refractivity contribution in [2.45, 2.75) is 26.4 Å². The Bertz CT molecular complexity index is 496. The van der Waals surface area contributed by atoms with Crippen molar-refractivity contribution in [1.82, 2.24) is 15.3 Å². The maximum atomic E-state index is 4.48. The van der Waals surface area contributed by atoms with Gasteiger partial charge in [0.1, 0.15) is 5.82 Å². The molecule has 0 aliphatic heterocycles. The van der Waals surface area contributed by atoms with E-state index in [0.29, 0.717) is 0 Å². The molecule has 2 aromatic rings. The van der Waals surface area contributed by atoms with Gasteiger partial charge in [0.25, 0.3) is 0 Å². The summed E-state index contributed by atoms with van der Waals surface area (Å²) >= 11 is 0. The number of hydrogen-bond donors (Lipinski definition) is 1. The second-order valence-electron chi connectivity index (χ2n) is 4.88. The Morgan fingerprint density at radius 3 is 2.55 bits per heavy atom. The van der Waals surface area contributed by atoms with Crippen molar-refractivity contribution >= 4 is 5.82 Å². The van der Waals surface area contributed by atoms with Crippen molar-refractivity contribution in [3.05, 3.63) is 54.0 Å². The van der Waals surface area contributed by atoms with Gasteiger partial charge in [0.15, 0.2) is 0 Å². The molecule has 4 nitrogen and oxygen atoms in total. The maximum absolute atomic E-state index is 4.48. The van der Waals surface area contributed by atoms with Gasteiger partial charge in [0, 0.05) is 20.1 Å². The monoisotopic (exact) mass is 270 g/mol. The van der Waals surface area contributed by atoms with Gasteiger partial charge in [-0.25, -0.2) is 4.98 Å². The van der Waals surface area contributed by atoms with Crippen LogP contribution in [0.5, 0.6) is 0 Å². The minimum absolute atomic E-state index is 0.781. The molecule has 0 aliphatic carbocycles. The Morgan fingerprint density at radius 1 is 1.10 bits per heavy atom. The first-order valence-electron chi connectivity index (χ1n) is 7.06. The molecular formula is C16H22N4. The molecule has 1 heterocycles. The lowest BCUT2D eigenvalue weighted by Crippen LogP contribution is -2.19. The van der Waals surface area contributed by atoms with Gasteiger partial charge in [0.05, 0.1) is 18.1 Å². The van der Waals surface area contributed by atoms with Crippen molar-refractivity contribution in [1.29, 1.82) is 0 Å². The van der Waals surface area contributed by atoms with E-state index in [1.807, 2.05) is 25.5 Å². The minimum Gasteiger partial charge on any atom is -0.354 e. The van der Waals surface area contributed by atoms with Gasteiger partial charge < -0.3 is 10.2 Å². The van der Waals surface area contributed by atoms with E-state index in [4.69, 9.17) is 0 Å². The number of aromatic nitrogens is 2. The molecule has 4 heteroatoms. The molecule has 0 spiro atoms. The van der Waals surface area contributed by atoms with Gasteiger partial charge in [0.2, 0.25) is 0 Å². The van der Waals surface area contributed by atoms with E-state index in [2.05, 4.69) is 51.4 Å². The molecular weight excluding hydrogens is 248 g/mol. The first-order chi connectivity index (χ1) is 9.79. The Balaban J connectivity index is 1.92. The zero-order chi connectivity index (χ0) is 14.2. The predicted molar refractivity (Wildman–Crippen MR) is 82.6 cm³/mol. The van der Waals surface area contributed by atoms with Gasteiger partial charge in [-0.05, 0) is 18.5 Å². The summed E-state index contributed by atoms with van der Waals surface area (Å²) in [4.78, 5) is 11.0. The Hall–Kier alpha value is -1.94. The highest BCUT2D eigenvalue weighted by molar-refractivity contribution is 5.36. The third-order valence-corrected chi connectivity index (χ3v) is 3.08. The molecule has 0 aliphatic rings. The Labute approximate surface area is 120 Å². The fourth-order valence-corrected chi connectivity index (χ4v) is 1.97. The molecule has 0 saturated heterocycles. The van der Waals surface area contributed by atoms with E-state index in [-0.39, 0.29) is 0 Å². The van der Waals surface area contributed by atoms with Crippen molar-refractivity contribution in [3.63, 3.8) is 0 Å². The van der Waals surface area contributed by atoms with Crippen LogP contribution in [0.3, 0.4) is 0 Å². The lowest BCUT2D eigenvalue weighted by molar-refractivity contribution is 0.661. The second-order valence-corrected chi connectivity index (χ2v) is 4.88. The standard InChI is InChI=1S/C16H22N4/c1-3-9-17-10-15-11-19-16(12-18-15)20(2)13-14-7-5-4-6-8-14/h4-8,11-12,17H,3,9-10,13H2,1-2H3. The molecule has 0 atom stereocenters. The largest absolute Gasteiger partial charge is 0.354 e. The van der Waals surface area contributed by atoms with E-state index in [0.717, 1.165) is 37.6 Å². The normalized spacial score (nSPS) is 10.5. The first kappa shape index (κ1) is 14.5. The van der Waals surface area contributed by atoms with Crippen LogP contribution in [0, 0.1) is 0 Å². The van der Waals surface area contributed by atoms with Crippen LogP contribution in [0.2, 0.25) is 0 Å². The van der Waals surface area contributed by atoms with Gasteiger partial charge in [-0.15, -0.1) is 0 Å². The van der Waals surface area contributed by atoms with Crippen LogP contribution in [0.4, 0.5) is 5.82 Å². The molecule has 2 rings (SSSR count). The Kier molecular flexibility index (Phi) is 5.50. The van der Waals surface area contributed by atoms with Crippen LogP contribution in [-0.2, 0) is 13.1 Å². The van der Waals surface area contributed by atoms with Gasteiger partial charge in [-0.1, -0.05) is 37.3 Å². The number of hydrogen-bond acceptors (Lipinski definition) is 4. The molecule has 0 amide bonds. The molecule has 0 fully saturated rings. The van der Waals surface area contributed by atoms with E-state index in [1.165, 1.54) is 5.56 Å². The van der Waals surface area contributed by atoms with E-state index in [1.54, 1.807) is 0 Å². The fourth-order valence-electron chi connectivity index (χ4n) is 1.97. The molecule has 1 aromatic carbocycles. The van der Waals surface area contributed by atoms with Crippen molar-refractivity contribution < 1.29 is 0 Å². The third-order valence-electron chi connectivity index (χ3n) is 3.08. The van der Waals surface area contributed by atoms with Crippen LogP contribution >= 0.6 is 0 Å². The highest BCUT2D eigenvalue weighted by atomic mass is 15.2. The highest BCUT2D eigenvalue weighted by Gasteiger charge is 2.04. The summed E-state index contributed by atoms with van der Waals surface area (Å²) in [5.74, 6) is 0.896. The first-order valence-corrected chi connectivity index (χ1v) is 7.06. The molecule has 106 valence electrons. The number of nitrogens with zero attached hydrogens (tertiary/aromatic N) is 3. The molecule has 0 saturated carbocycles. The number of benzene rings is 1. The number of anilines is 1. The SMILES string of the molecule is CCCNCc1cnc(N(C)Cc2ccccc2)cn1. The molecule has 0 bridgehead atoms. The van der Waals surface area contributed by atoms with Crippen molar-refractivity contribution in [2.24, 2.45) is 0 Å². The molecule has 0 radical (unpaired) electrons. The van der Waals surface area contributed by atoms with Gasteiger partial charge >= 0.3 is 0 Å². The highest BCUT2D eigenvalue weighted by Crippen LogP contribution is 2.11. The van der Waals surface area contributed by atoms with E-state index in [9.17, 15) is 0 Å². The fraction of sp³-hybridized carbons (Fsp3) is 0.375. The summed E-state index contributed by atoms with van der Waals surface area (Å²) in [5.41, 5.74) is 2.25. The van der Waals surface area contributed by atoms with Crippen LogP contribution in [0.1, 0.15) is 24.6 Å². The average Bonchev–Trinajstić information content (AvgIpc) is 2.49. The van der Waals surface area contributed by atoms with Crippen LogP contribution in [0.15, 0.2) is 42.7 Å². The molecule has 1 N–H and O–H groups in total. The maximum Gasteiger partial charge on any atom is 0.147 e. The predicted octanol–water partition coefficient (Wildman–Crippen LogP) is 2.61. The van der Waals surface area contributed by atoms with E-state index < -0.39 is 0 Å². The number of nitrogens with one attached hydrogen (secondary N) is 1. The topological polar surface area (TPSA) is 41.1 Å². The second kappa shape index (κ2) is 7.60. The van der Waals surface area contributed by atoms with Gasteiger partial charge in [-0.2, -0.15) is 0 Å². The Morgan fingerprint density at radius 2 is 1.90 bits per heavy atom. The zero-order valence-corrected chi connectivity index (χ0v) is 12.2. The smallest absolute Gasteiger partial charge is 0.147 e. The van der Waals surface area contributed by atoms with Crippen molar-refractivity contribution in [2.75, 3.05) is 18.5 Å². The summed E-state index contributed by atoms with van der Waals surface area (Å²) in [5, 5.41) is 3.32. The molecule has 1 aromatic heterocycles. The average molecular weight is 270 g/mol. The van der Waals surface area contributed by atoms with Crippen LogP contribution in [0.25, 0.3) is 0 Å². The minimum atomic E-state index is 0.781. The molecule has 0 unspecified atom stereocenters.